The Morgan fingerprint density at radius 3 is 2.04 bits per heavy atom. The second-order valence-corrected chi connectivity index (χ2v) is 14.9. The van der Waals surface area contributed by atoms with Gasteiger partial charge in [-0.1, -0.05) is 92.7 Å². The quantitative estimate of drug-likeness (QED) is 0.122. The number of sulfone groups is 1. The van der Waals surface area contributed by atoms with Crippen molar-refractivity contribution in [2.75, 3.05) is 6.26 Å². The summed E-state index contributed by atoms with van der Waals surface area (Å²) >= 11 is 0. The minimum atomic E-state index is -3.64. The van der Waals surface area contributed by atoms with E-state index in [1.54, 1.807) is 56.3 Å². The summed E-state index contributed by atoms with van der Waals surface area (Å²) in [7, 11) is -3.64. The lowest BCUT2D eigenvalue weighted by Gasteiger charge is -2.26. The van der Waals surface area contributed by atoms with E-state index >= 15 is 0 Å². The number of benzene rings is 3. The number of carboxylic acids is 2. The van der Waals surface area contributed by atoms with E-state index in [0.29, 0.717) is 11.1 Å². The van der Waals surface area contributed by atoms with Crippen LogP contribution in [0.1, 0.15) is 50.7 Å². The molecule has 3 rings (SSSR count). The molecule has 0 radical (unpaired) electrons. The van der Waals surface area contributed by atoms with E-state index < -0.39 is 101 Å². The van der Waals surface area contributed by atoms with E-state index in [1.165, 1.54) is 0 Å². The van der Waals surface area contributed by atoms with Crippen LogP contribution >= 0.6 is 0 Å². The van der Waals surface area contributed by atoms with Crippen LogP contribution in [0, 0.1) is 17.8 Å². The van der Waals surface area contributed by atoms with Gasteiger partial charge in [-0.25, -0.2) is 8.42 Å². The zero-order chi connectivity index (χ0) is 38.4. The average molecular weight is 737 g/mol. The van der Waals surface area contributed by atoms with Gasteiger partial charge in [0.25, 0.3) is 0 Å². The molecule has 0 aliphatic carbocycles. The van der Waals surface area contributed by atoms with E-state index in [9.17, 15) is 47.4 Å². The summed E-state index contributed by atoms with van der Waals surface area (Å²) in [4.78, 5) is 77.2. The summed E-state index contributed by atoms with van der Waals surface area (Å²) < 4.78 is 28.6. The van der Waals surface area contributed by atoms with Gasteiger partial charge < -0.3 is 25.6 Å². The van der Waals surface area contributed by atoms with Crippen LogP contribution in [-0.4, -0.2) is 72.5 Å². The fourth-order valence-corrected chi connectivity index (χ4v) is 6.04. The first-order valence-corrected chi connectivity index (χ1v) is 18.6. The maximum absolute atomic E-state index is 14.1. The highest BCUT2D eigenvalue weighted by Crippen LogP contribution is 2.23. The number of fused-ring (bicyclic) bond motifs is 1. The second-order valence-electron chi connectivity index (χ2n) is 12.9. The van der Waals surface area contributed by atoms with Crippen molar-refractivity contribution in [2.45, 2.75) is 64.6 Å². The van der Waals surface area contributed by atoms with Crippen molar-refractivity contribution >= 4 is 56.1 Å². The summed E-state index contributed by atoms with van der Waals surface area (Å²) in [5.41, 5.74) is 1.38. The highest BCUT2D eigenvalue weighted by atomic mass is 32.2. The molecule has 278 valence electrons. The van der Waals surface area contributed by atoms with Crippen LogP contribution in [0.4, 0.5) is 0 Å². The summed E-state index contributed by atoms with van der Waals surface area (Å²) in [6.45, 7) is 3.27. The zero-order valence-corrected chi connectivity index (χ0v) is 30.0. The Labute approximate surface area is 302 Å². The molecule has 0 aromatic heterocycles. The Balaban J connectivity index is 1.89. The maximum atomic E-state index is 14.1. The fourth-order valence-electron chi connectivity index (χ4n) is 5.56. The van der Waals surface area contributed by atoms with Crippen molar-refractivity contribution in [2.24, 2.45) is 17.8 Å². The third-order valence-electron chi connectivity index (χ3n) is 8.30. The van der Waals surface area contributed by atoms with Gasteiger partial charge in [0.05, 0.1) is 37.3 Å². The van der Waals surface area contributed by atoms with Gasteiger partial charge >= 0.3 is 17.9 Å². The number of ether oxygens (including phenoxy) is 1. The van der Waals surface area contributed by atoms with E-state index in [1.807, 2.05) is 30.3 Å². The molecule has 3 aromatic carbocycles. The first-order chi connectivity index (χ1) is 24.5. The number of carbonyl (C=O) groups excluding carboxylic acids is 4. The number of carbonyl (C=O) groups is 6. The molecule has 4 atom stereocenters. The van der Waals surface area contributed by atoms with E-state index in [2.05, 4.69) is 10.6 Å². The Kier molecular flexibility index (Phi) is 15.2. The topological polar surface area (TPSA) is 210 Å². The lowest BCUT2D eigenvalue weighted by molar-refractivity contribution is -0.150. The first-order valence-electron chi connectivity index (χ1n) is 16.6. The van der Waals surface area contributed by atoms with Crippen molar-refractivity contribution in [3.8, 4) is 0 Å². The number of esters is 1. The normalized spacial score (nSPS) is 13.9. The predicted octanol–water partition coefficient (Wildman–Crippen LogP) is 3.84. The number of rotatable bonds is 20. The minimum absolute atomic E-state index is 0.0324. The van der Waals surface area contributed by atoms with Gasteiger partial charge in [-0.3, -0.25) is 28.8 Å². The standard InChI is InChI=1S/C38H44N2O11S/c1-24(2)31(38(48)39-29(21-35(44)45)16-17-52(3,49)50)22-33(41)32(18-27-14-9-13-26-12-7-8-15-30(26)27)40-37(47)28(19-34(42)43)20-36(46)51-23-25-10-5-4-6-11-25/h4-17,24,28-29,31-32H,18-23H2,1-3H3,(H,39,48)(H,40,47)(H,42,43)(H,44,45)/b17-16+/t28-,29-,31+,32+/m1/s1. The lowest BCUT2D eigenvalue weighted by atomic mass is 9.86. The highest BCUT2D eigenvalue weighted by molar-refractivity contribution is 7.93. The van der Waals surface area contributed by atoms with Crippen molar-refractivity contribution in [1.29, 1.82) is 0 Å². The van der Waals surface area contributed by atoms with Crippen molar-refractivity contribution < 1.29 is 52.1 Å². The molecule has 52 heavy (non-hydrogen) atoms. The van der Waals surface area contributed by atoms with Gasteiger partial charge in [0, 0.05) is 30.4 Å². The molecule has 0 saturated carbocycles. The van der Waals surface area contributed by atoms with Crippen LogP contribution in [0.2, 0.25) is 0 Å². The largest absolute Gasteiger partial charge is 0.481 e. The van der Waals surface area contributed by atoms with Gasteiger partial charge in [0.15, 0.2) is 15.6 Å². The van der Waals surface area contributed by atoms with Crippen molar-refractivity contribution in [1.82, 2.24) is 10.6 Å². The average Bonchev–Trinajstić information content (AvgIpc) is 3.07. The van der Waals surface area contributed by atoms with Crippen LogP contribution in [0.15, 0.2) is 84.3 Å². The molecule has 2 amide bonds. The maximum Gasteiger partial charge on any atom is 0.306 e. The number of aliphatic carboxylic acids is 2. The summed E-state index contributed by atoms with van der Waals surface area (Å²) in [6.07, 6.45) is -0.370. The van der Waals surface area contributed by atoms with Gasteiger partial charge in [0.1, 0.15) is 6.61 Å². The van der Waals surface area contributed by atoms with E-state index in [4.69, 9.17) is 4.74 Å². The summed E-state index contributed by atoms with van der Waals surface area (Å²) in [5, 5.41) is 26.5. The third-order valence-corrected chi connectivity index (χ3v) is 8.95. The molecule has 0 aliphatic rings. The molecule has 0 spiro atoms. The van der Waals surface area contributed by atoms with Crippen molar-refractivity contribution in [3.63, 3.8) is 0 Å². The van der Waals surface area contributed by atoms with Crippen LogP contribution in [0.3, 0.4) is 0 Å². The third kappa shape index (κ3) is 13.7. The Morgan fingerprint density at radius 1 is 0.769 bits per heavy atom. The molecular formula is C38H44N2O11S. The molecule has 0 bridgehead atoms. The van der Waals surface area contributed by atoms with Crippen LogP contribution in [-0.2, 0) is 56.4 Å². The molecule has 0 aliphatic heterocycles. The molecule has 3 aromatic rings. The Hall–Kier alpha value is -5.37. The van der Waals surface area contributed by atoms with E-state index in [-0.39, 0.29) is 13.0 Å². The van der Waals surface area contributed by atoms with Gasteiger partial charge in [-0.2, -0.15) is 0 Å². The predicted molar refractivity (Wildman–Crippen MR) is 192 cm³/mol. The fraction of sp³-hybridized carbons (Fsp3) is 0.368. The van der Waals surface area contributed by atoms with Crippen LogP contribution in [0.5, 0.6) is 0 Å². The van der Waals surface area contributed by atoms with Gasteiger partial charge in [-0.05, 0) is 27.8 Å². The molecule has 0 fully saturated rings. The second kappa shape index (κ2) is 19.3. The summed E-state index contributed by atoms with van der Waals surface area (Å²) in [6, 6.07) is 19.2. The number of hydrogen-bond acceptors (Lipinski definition) is 9. The number of amides is 2. The Bertz CT molecular complexity index is 1890. The smallest absolute Gasteiger partial charge is 0.306 e. The van der Waals surface area contributed by atoms with Gasteiger partial charge in [-0.15, -0.1) is 0 Å². The lowest BCUT2D eigenvalue weighted by Crippen LogP contribution is -2.48. The number of Topliss-reactive ketones (excluding diaryl/α,β-unsaturated/α-hetero) is 1. The first kappa shape index (κ1) is 41.1. The molecule has 13 nitrogen and oxygen atoms in total. The minimum Gasteiger partial charge on any atom is -0.481 e. The molecule has 0 saturated heterocycles. The number of nitrogens with one attached hydrogen (secondary N) is 2. The monoisotopic (exact) mass is 736 g/mol. The molecule has 0 heterocycles. The van der Waals surface area contributed by atoms with Gasteiger partial charge in [0.2, 0.25) is 11.8 Å². The highest BCUT2D eigenvalue weighted by Gasteiger charge is 2.33. The number of hydrogen-bond donors (Lipinski definition) is 4. The summed E-state index contributed by atoms with van der Waals surface area (Å²) in [5.74, 6) is -8.44. The Morgan fingerprint density at radius 2 is 1.40 bits per heavy atom. The van der Waals surface area contributed by atoms with Crippen LogP contribution < -0.4 is 10.6 Å². The molecule has 4 N–H and O–H groups in total. The molecule has 0 unspecified atom stereocenters. The zero-order valence-electron chi connectivity index (χ0n) is 29.2. The van der Waals surface area contributed by atoms with E-state index in [0.717, 1.165) is 28.5 Å². The number of ketones is 1. The van der Waals surface area contributed by atoms with Crippen LogP contribution in [0.25, 0.3) is 10.8 Å². The molecule has 14 heteroatoms. The molecular weight excluding hydrogens is 692 g/mol. The number of carboxylic acid groups (broad SMARTS) is 2. The van der Waals surface area contributed by atoms with Crippen molar-refractivity contribution in [3.05, 3.63) is 95.4 Å². The SMILES string of the molecule is CC(C)[C@H](CC(=O)[C@H](Cc1cccc2ccccc12)NC(=O)[C@H](CC(=O)O)CC(=O)OCc1ccccc1)C(=O)N[C@H](/C=C/S(C)(=O)=O)CC(=O)O.